The Labute approximate surface area is 271 Å². The summed E-state index contributed by atoms with van der Waals surface area (Å²) in [5.41, 5.74) is 7.60. The summed E-state index contributed by atoms with van der Waals surface area (Å²) < 4.78 is 10.5. The van der Waals surface area contributed by atoms with Crippen molar-refractivity contribution in [3.63, 3.8) is 0 Å². The van der Waals surface area contributed by atoms with E-state index in [-0.39, 0.29) is 18.1 Å². The van der Waals surface area contributed by atoms with E-state index in [4.69, 9.17) is 25.1 Å². The van der Waals surface area contributed by atoms with Gasteiger partial charge in [-0.3, -0.25) is 19.8 Å². The summed E-state index contributed by atoms with van der Waals surface area (Å²) in [6, 6.07) is 16.9. The second kappa shape index (κ2) is 23.6. The van der Waals surface area contributed by atoms with Gasteiger partial charge in [0.15, 0.2) is 0 Å². The van der Waals surface area contributed by atoms with Gasteiger partial charge in [0.05, 0.1) is 26.4 Å². The van der Waals surface area contributed by atoms with Crippen molar-refractivity contribution in [3.05, 3.63) is 72.6 Å². The molecule has 0 bridgehead atoms. The van der Waals surface area contributed by atoms with Gasteiger partial charge in [-0.1, -0.05) is 36.4 Å². The number of aromatic nitrogens is 2. The van der Waals surface area contributed by atoms with Gasteiger partial charge < -0.3 is 40.6 Å². The maximum absolute atomic E-state index is 10.3. The molecule has 2 saturated heterocycles. The highest BCUT2D eigenvalue weighted by Crippen LogP contribution is 2.26. The largest absolute Gasteiger partial charge is 0.506 e. The highest BCUT2D eigenvalue weighted by molar-refractivity contribution is 5.85. The lowest BCUT2D eigenvalue weighted by Gasteiger charge is -2.26. The Bertz CT molecular complexity index is 1360. The first-order valence-electron chi connectivity index (χ1n) is 15.6. The molecule has 4 heterocycles. The number of rotatable bonds is 7. The Balaban J connectivity index is 0.000000247. The predicted molar refractivity (Wildman–Crippen MR) is 182 cm³/mol. The van der Waals surface area contributed by atoms with E-state index in [2.05, 4.69) is 25.1 Å². The molecule has 0 atom stereocenters. The van der Waals surface area contributed by atoms with Gasteiger partial charge in [-0.2, -0.15) is 0 Å². The first-order valence-corrected chi connectivity index (χ1v) is 15.6. The van der Waals surface area contributed by atoms with E-state index in [0.717, 1.165) is 95.1 Å². The summed E-state index contributed by atoms with van der Waals surface area (Å²) in [6.07, 6.45) is 3.37. The molecule has 46 heavy (non-hydrogen) atoms. The van der Waals surface area contributed by atoms with Crippen molar-refractivity contribution < 1.29 is 29.6 Å². The number of aliphatic hydroxyl groups is 1. The Morgan fingerprint density at radius 1 is 0.804 bits per heavy atom. The van der Waals surface area contributed by atoms with Gasteiger partial charge in [0, 0.05) is 94.2 Å². The summed E-state index contributed by atoms with van der Waals surface area (Å²) in [7, 11) is 0. The summed E-state index contributed by atoms with van der Waals surface area (Å²) in [4.78, 5) is 21.0. The minimum atomic E-state index is 0.239. The fraction of sp³-hybridized carbons (Fsp3) is 0.441. The van der Waals surface area contributed by atoms with Crippen LogP contribution in [0.4, 0.5) is 0 Å². The van der Waals surface area contributed by atoms with Crippen LogP contribution in [0.5, 0.6) is 11.5 Å². The van der Waals surface area contributed by atoms with Crippen molar-refractivity contribution in [3.8, 4) is 11.5 Å². The number of aromatic hydroxyl groups is 2. The molecule has 0 saturated carbocycles. The van der Waals surface area contributed by atoms with Crippen LogP contribution in [0.25, 0.3) is 21.8 Å². The number of morpholine rings is 2. The van der Waals surface area contributed by atoms with Crippen LogP contribution in [0.2, 0.25) is 0 Å². The molecule has 252 valence electrons. The second-order valence-corrected chi connectivity index (χ2v) is 10.2. The van der Waals surface area contributed by atoms with Crippen LogP contribution in [0.1, 0.15) is 12.5 Å². The highest BCUT2D eigenvalue weighted by Gasteiger charge is 2.10. The Hall–Kier alpha value is -3.75. The number of fused-ring (bicyclic) bond motifs is 2. The van der Waals surface area contributed by atoms with E-state index in [1.165, 1.54) is 0 Å². The number of aliphatic hydroxyl groups excluding tert-OH is 1. The van der Waals surface area contributed by atoms with E-state index < -0.39 is 0 Å². The molecule has 6 N–H and O–H groups in total. The van der Waals surface area contributed by atoms with Gasteiger partial charge in [-0.25, -0.2) is 0 Å². The molecule has 2 aromatic carbocycles. The summed E-state index contributed by atoms with van der Waals surface area (Å²) >= 11 is 0. The van der Waals surface area contributed by atoms with Crippen LogP contribution in [0.3, 0.4) is 0 Å². The van der Waals surface area contributed by atoms with E-state index >= 15 is 0 Å². The van der Waals surface area contributed by atoms with E-state index in [1.807, 2.05) is 49.3 Å². The van der Waals surface area contributed by atoms with Crippen LogP contribution < -0.4 is 11.1 Å². The minimum Gasteiger partial charge on any atom is -0.506 e. The number of nitrogens with two attached hydrogens (primary N) is 1. The van der Waals surface area contributed by atoms with Crippen molar-refractivity contribution in [2.24, 2.45) is 5.73 Å². The summed E-state index contributed by atoms with van der Waals surface area (Å²) in [5, 5.41) is 32.5. The monoisotopic (exact) mass is 638 g/mol. The third-order valence-electron chi connectivity index (χ3n) is 7.02. The number of carbonyl (C=O) groups excluding carboxylic acids is 1. The fourth-order valence-electron chi connectivity index (χ4n) is 4.69. The molecule has 2 aliphatic rings. The molecule has 0 amide bonds. The normalized spacial score (nSPS) is 14.8. The number of phenolic OH excluding ortho intramolecular Hbond substituents is 2. The van der Waals surface area contributed by atoms with E-state index in [0.29, 0.717) is 17.6 Å². The Morgan fingerprint density at radius 3 is 1.89 bits per heavy atom. The van der Waals surface area contributed by atoms with E-state index in [9.17, 15) is 10.2 Å². The molecule has 2 fully saturated rings. The average Bonchev–Trinajstić information content (AvgIpc) is 3.11. The number of hydrogen-bond acceptors (Lipinski definition) is 12. The first kappa shape index (κ1) is 38.4. The Kier molecular flexibility index (Phi) is 19.7. The third-order valence-corrected chi connectivity index (χ3v) is 7.02. The zero-order valence-corrected chi connectivity index (χ0v) is 26.9. The number of carbonyl (C=O) groups is 1. The maximum Gasteiger partial charge on any atom is 0.146 e. The smallest absolute Gasteiger partial charge is 0.146 e. The summed E-state index contributed by atoms with van der Waals surface area (Å²) in [5.74, 6) is 0.523. The first-order chi connectivity index (χ1) is 22.6. The zero-order chi connectivity index (χ0) is 33.4. The average molecular weight is 639 g/mol. The molecule has 2 aliphatic heterocycles. The van der Waals surface area contributed by atoms with Crippen LogP contribution in [-0.4, -0.2) is 127 Å². The van der Waals surface area contributed by atoms with Gasteiger partial charge in [0.2, 0.25) is 0 Å². The zero-order valence-electron chi connectivity index (χ0n) is 26.9. The Morgan fingerprint density at radius 2 is 1.33 bits per heavy atom. The van der Waals surface area contributed by atoms with Crippen LogP contribution in [0, 0.1) is 0 Å². The standard InChI is InChI=1S/C16H21N3O2.C9H7NO.C6H14N2O.C2H6O.CH2O/c20-16-14(4-3-13-2-1-5-18-15(13)16)12-17-6-7-19-8-10-21-11-9-19;11-8-5-1-3-7-4-2-6-10-9(7)8;7-1-2-8-3-5-9-6-4-8;1-2-3;1-2/h1-5,17,20H,6-12H2;1-6,11H;1-7H2;3H,2H2,1H3;1H2. The molecule has 6 rings (SSSR count). The lowest BCUT2D eigenvalue weighted by atomic mass is 10.1. The molecule has 0 spiro atoms. The SMILES string of the molecule is C=O.CCO.NCCN1CCOCC1.Oc1c(CNCCN2CCOCC2)ccc2cccnc12.Oc1cccc2cccnc12. The van der Waals surface area contributed by atoms with E-state index in [1.54, 1.807) is 31.5 Å². The molecular weight excluding hydrogens is 588 g/mol. The van der Waals surface area contributed by atoms with Gasteiger partial charge in [0.1, 0.15) is 29.3 Å². The third kappa shape index (κ3) is 13.7. The number of hydrogen-bond donors (Lipinski definition) is 5. The summed E-state index contributed by atoms with van der Waals surface area (Å²) in [6.45, 7) is 15.8. The van der Waals surface area contributed by atoms with Crippen molar-refractivity contribution in [2.45, 2.75) is 13.5 Å². The van der Waals surface area contributed by atoms with Crippen molar-refractivity contribution in [1.82, 2.24) is 25.1 Å². The number of benzene rings is 2. The highest BCUT2D eigenvalue weighted by atomic mass is 16.5. The van der Waals surface area contributed by atoms with Crippen LogP contribution >= 0.6 is 0 Å². The number of nitrogens with one attached hydrogen (secondary N) is 1. The molecule has 12 heteroatoms. The number of para-hydroxylation sites is 1. The van der Waals surface area contributed by atoms with Gasteiger partial charge in [-0.05, 0) is 25.1 Å². The molecule has 4 aromatic rings. The molecule has 0 unspecified atom stereocenters. The van der Waals surface area contributed by atoms with Gasteiger partial charge in [0.25, 0.3) is 0 Å². The number of nitrogens with zero attached hydrogens (tertiary/aromatic N) is 4. The van der Waals surface area contributed by atoms with Crippen molar-refractivity contribution >= 4 is 28.6 Å². The quantitative estimate of drug-likeness (QED) is 0.188. The number of phenols is 2. The maximum atomic E-state index is 10.3. The fourth-order valence-corrected chi connectivity index (χ4v) is 4.69. The molecule has 0 aliphatic carbocycles. The molecular formula is C34H50N6O6. The van der Waals surface area contributed by atoms with Gasteiger partial charge >= 0.3 is 0 Å². The second-order valence-electron chi connectivity index (χ2n) is 10.2. The van der Waals surface area contributed by atoms with Crippen molar-refractivity contribution in [1.29, 1.82) is 0 Å². The van der Waals surface area contributed by atoms with Crippen LogP contribution in [-0.2, 0) is 20.8 Å². The lowest BCUT2D eigenvalue weighted by molar-refractivity contribution is -0.0980. The minimum absolute atomic E-state index is 0.239. The molecule has 0 radical (unpaired) electrons. The molecule has 2 aromatic heterocycles. The number of pyridine rings is 2. The van der Waals surface area contributed by atoms with Crippen molar-refractivity contribution in [2.75, 3.05) is 85.4 Å². The lowest BCUT2D eigenvalue weighted by Crippen LogP contribution is -2.40. The number of ether oxygens (including phenoxy) is 2. The van der Waals surface area contributed by atoms with Crippen LogP contribution in [0.15, 0.2) is 67.0 Å². The predicted octanol–water partition coefficient (Wildman–Crippen LogP) is 2.39. The molecule has 12 nitrogen and oxygen atoms in total. The van der Waals surface area contributed by atoms with Gasteiger partial charge in [-0.15, -0.1) is 0 Å². The topological polar surface area (TPSA) is 167 Å².